The van der Waals surface area contributed by atoms with Crippen LogP contribution in [0.25, 0.3) is 0 Å². The average Bonchev–Trinajstić information content (AvgIpc) is 3.22. The molecule has 2 fully saturated rings. The lowest BCUT2D eigenvalue weighted by Crippen LogP contribution is -2.50. The lowest BCUT2D eigenvalue weighted by atomic mass is 10.0. The topological polar surface area (TPSA) is 63.5 Å². The van der Waals surface area contributed by atoms with E-state index in [1.165, 1.54) is 5.56 Å². The number of carbonyl (C=O) groups is 1. The Morgan fingerprint density at radius 2 is 1.81 bits per heavy atom. The smallest absolute Gasteiger partial charge is 0.276 e. The molecule has 1 aromatic carbocycles. The van der Waals surface area contributed by atoms with Gasteiger partial charge in [-0.3, -0.25) is 14.4 Å². The molecular weight excluding hydrogens is 342 g/mol. The van der Waals surface area contributed by atoms with Crippen molar-refractivity contribution in [2.75, 3.05) is 39.4 Å². The number of aryl methyl sites for hydroxylation is 2. The van der Waals surface area contributed by atoms with Crippen molar-refractivity contribution in [1.29, 1.82) is 0 Å². The average molecular weight is 369 g/mol. The number of aromatic nitrogens is 3. The second-order valence-electron chi connectivity index (χ2n) is 7.27. The summed E-state index contributed by atoms with van der Waals surface area (Å²) in [6.45, 7) is 5.97. The highest BCUT2D eigenvalue weighted by Gasteiger charge is 2.29. The summed E-state index contributed by atoms with van der Waals surface area (Å²) >= 11 is 0. The molecule has 0 spiro atoms. The van der Waals surface area contributed by atoms with Crippen molar-refractivity contribution in [2.45, 2.75) is 31.8 Å². The standard InChI is InChI=1S/C20H27N5O2/c26-20(24-9-7-18(8-10-24)23-12-14-27-15-13-23)19-16-25(22-21-19)11-6-17-4-2-1-3-5-17/h1-5,16,18H,6-15H2. The van der Waals surface area contributed by atoms with Gasteiger partial charge in [0.15, 0.2) is 5.69 Å². The van der Waals surface area contributed by atoms with Crippen molar-refractivity contribution in [3.8, 4) is 0 Å². The van der Waals surface area contributed by atoms with Crippen LogP contribution in [0.4, 0.5) is 0 Å². The van der Waals surface area contributed by atoms with Crippen LogP contribution in [0.2, 0.25) is 0 Å². The number of nitrogens with zero attached hydrogens (tertiary/aromatic N) is 5. The SMILES string of the molecule is O=C(c1cn(CCc2ccccc2)nn1)N1CCC(N2CCOCC2)CC1. The van der Waals surface area contributed by atoms with E-state index < -0.39 is 0 Å². The lowest BCUT2D eigenvalue weighted by molar-refractivity contribution is 0.00152. The van der Waals surface area contributed by atoms with Gasteiger partial charge in [0.05, 0.1) is 19.4 Å². The van der Waals surface area contributed by atoms with Crippen LogP contribution in [0.3, 0.4) is 0 Å². The summed E-state index contributed by atoms with van der Waals surface area (Å²) in [6.07, 6.45) is 4.70. The monoisotopic (exact) mass is 369 g/mol. The number of amides is 1. The Hall–Kier alpha value is -2.25. The quantitative estimate of drug-likeness (QED) is 0.798. The van der Waals surface area contributed by atoms with Crippen LogP contribution < -0.4 is 0 Å². The molecule has 2 aliphatic rings. The fourth-order valence-electron chi connectivity index (χ4n) is 3.93. The molecular formula is C20H27N5O2. The largest absolute Gasteiger partial charge is 0.379 e. The minimum absolute atomic E-state index is 0.00129. The molecule has 27 heavy (non-hydrogen) atoms. The molecule has 1 amide bonds. The molecule has 1 aromatic heterocycles. The molecule has 0 saturated carbocycles. The van der Waals surface area contributed by atoms with Crippen molar-refractivity contribution < 1.29 is 9.53 Å². The molecule has 0 radical (unpaired) electrons. The van der Waals surface area contributed by atoms with Crippen LogP contribution in [0.5, 0.6) is 0 Å². The van der Waals surface area contributed by atoms with Crippen molar-refractivity contribution in [3.63, 3.8) is 0 Å². The summed E-state index contributed by atoms with van der Waals surface area (Å²) in [5.74, 6) is 0.00129. The van der Waals surface area contributed by atoms with E-state index in [1.807, 2.05) is 23.1 Å². The van der Waals surface area contributed by atoms with Gasteiger partial charge in [-0.05, 0) is 24.8 Å². The number of rotatable bonds is 5. The highest BCUT2D eigenvalue weighted by atomic mass is 16.5. The van der Waals surface area contributed by atoms with Crippen molar-refractivity contribution in [2.24, 2.45) is 0 Å². The van der Waals surface area contributed by atoms with Crippen LogP contribution in [-0.2, 0) is 17.7 Å². The third-order valence-corrected chi connectivity index (χ3v) is 5.54. The molecule has 0 N–H and O–H groups in total. The summed E-state index contributed by atoms with van der Waals surface area (Å²) in [7, 11) is 0. The van der Waals surface area contributed by atoms with E-state index in [1.54, 1.807) is 10.9 Å². The Morgan fingerprint density at radius 1 is 1.07 bits per heavy atom. The number of benzene rings is 1. The fourth-order valence-corrected chi connectivity index (χ4v) is 3.93. The second-order valence-corrected chi connectivity index (χ2v) is 7.27. The predicted octanol–water partition coefficient (Wildman–Crippen LogP) is 1.46. The van der Waals surface area contributed by atoms with E-state index in [4.69, 9.17) is 4.74 Å². The van der Waals surface area contributed by atoms with Gasteiger partial charge in [0, 0.05) is 38.8 Å². The van der Waals surface area contributed by atoms with Gasteiger partial charge in [-0.2, -0.15) is 0 Å². The number of hydrogen-bond acceptors (Lipinski definition) is 5. The fraction of sp³-hybridized carbons (Fsp3) is 0.550. The van der Waals surface area contributed by atoms with E-state index in [0.717, 1.165) is 65.2 Å². The van der Waals surface area contributed by atoms with Crippen LogP contribution in [-0.4, -0.2) is 76.1 Å². The molecule has 0 aliphatic carbocycles. The Balaban J connectivity index is 1.28. The highest BCUT2D eigenvalue weighted by Crippen LogP contribution is 2.19. The van der Waals surface area contributed by atoms with E-state index >= 15 is 0 Å². The Bertz CT molecular complexity index is 734. The van der Waals surface area contributed by atoms with E-state index in [2.05, 4.69) is 27.3 Å². The zero-order valence-corrected chi connectivity index (χ0v) is 15.7. The molecule has 2 aliphatic heterocycles. The maximum Gasteiger partial charge on any atom is 0.276 e. The summed E-state index contributed by atoms with van der Waals surface area (Å²) in [6, 6.07) is 10.8. The van der Waals surface area contributed by atoms with Gasteiger partial charge in [0.2, 0.25) is 0 Å². The lowest BCUT2D eigenvalue weighted by Gasteiger charge is -2.39. The number of likely N-dealkylation sites (tertiary alicyclic amines) is 1. The van der Waals surface area contributed by atoms with Crippen molar-refractivity contribution in [3.05, 3.63) is 47.8 Å². The third-order valence-electron chi connectivity index (χ3n) is 5.54. The van der Waals surface area contributed by atoms with E-state index in [9.17, 15) is 4.79 Å². The third kappa shape index (κ3) is 4.54. The first-order chi connectivity index (χ1) is 13.3. The molecule has 4 rings (SSSR count). The number of ether oxygens (including phenoxy) is 1. The van der Waals surface area contributed by atoms with E-state index in [0.29, 0.717) is 11.7 Å². The van der Waals surface area contributed by atoms with Gasteiger partial charge in [-0.15, -0.1) is 5.10 Å². The van der Waals surface area contributed by atoms with Gasteiger partial charge in [0.25, 0.3) is 5.91 Å². The van der Waals surface area contributed by atoms with E-state index in [-0.39, 0.29) is 5.91 Å². The van der Waals surface area contributed by atoms with Crippen LogP contribution in [0.15, 0.2) is 36.5 Å². The van der Waals surface area contributed by atoms with Gasteiger partial charge in [-0.1, -0.05) is 35.5 Å². The van der Waals surface area contributed by atoms with Gasteiger partial charge >= 0.3 is 0 Å². The Morgan fingerprint density at radius 3 is 2.56 bits per heavy atom. The Kier molecular flexibility index (Phi) is 5.79. The molecule has 7 nitrogen and oxygen atoms in total. The maximum atomic E-state index is 12.7. The molecule has 7 heteroatoms. The summed E-state index contributed by atoms with van der Waals surface area (Å²) in [5.41, 5.74) is 1.71. The van der Waals surface area contributed by atoms with Crippen LogP contribution >= 0.6 is 0 Å². The molecule has 144 valence electrons. The van der Waals surface area contributed by atoms with Crippen LogP contribution in [0, 0.1) is 0 Å². The zero-order chi connectivity index (χ0) is 18.5. The molecule has 0 bridgehead atoms. The predicted molar refractivity (Wildman–Crippen MR) is 101 cm³/mol. The summed E-state index contributed by atoms with van der Waals surface area (Å²) in [5, 5.41) is 8.24. The minimum Gasteiger partial charge on any atom is -0.379 e. The Labute approximate surface area is 159 Å². The first kappa shape index (κ1) is 18.1. The normalized spacial score (nSPS) is 19.3. The van der Waals surface area contributed by atoms with Gasteiger partial charge < -0.3 is 9.64 Å². The molecule has 0 unspecified atom stereocenters. The maximum absolute atomic E-state index is 12.7. The van der Waals surface area contributed by atoms with Crippen molar-refractivity contribution in [1.82, 2.24) is 24.8 Å². The summed E-state index contributed by atoms with van der Waals surface area (Å²) in [4.78, 5) is 17.2. The van der Waals surface area contributed by atoms with Crippen LogP contribution in [0.1, 0.15) is 28.9 Å². The number of carbonyl (C=O) groups excluding carboxylic acids is 1. The second kappa shape index (κ2) is 8.63. The number of hydrogen-bond donors (Lipinski definition) is 0. The van der Waals surface area contributed by atoms with Gasteiger partial charge in [0.1, 0.15) is 0 Å². The molecule has 2 saturated heterocycles. The summed E-state index contributed by atoms with van der Waals surface area (Å²) < 4.78 is 7.20. The number of morpholine rings is 1. The zero-order valence-electron chi connectivity index (χ0n) is 15.7. The minimum atomic E-state index is 0.00129. The highest BCUT2D eigenvalue weighted by molar-refractivity contribution is 5.92. The van der Waals surface area contributed by atoms with Gasteiger partial charge in [-0.25, -0.2) is 0 Å². The van der Waals surface area contributed by atoms with Crippen molar-refractivity contribution >= 4 is 5.91 Å². The molecule has 2 aromatic rings. The first-order valence-corrected chi connectivity index (χ1v) is 9.85. The first-order valence-electron chi connectivity index (χ1n) is 9.85. The molecule has 0 atom stereocenters. The molecule has 3 heterocycles. The number of piperidine rings is 1.